The van der Waals surface area contributed by atoms with Gasteiger partial charge in [0.25, 0.3) is 0 Å². The summed E-state index contributed by atoms with van der Waals surface area (Å²) in [6.07, 6.45) is -5.18. The molecule has 1 aliphatic heterocycles. The molecule has 3 nitrogen and oxygen atoms in total. The van der Waals surface area contributed by atoms with Crippen LogP contribution in [-0.2, 0) is 6.54 Å². The van der Waals surface area contributed by atoms with E-state index in [4.69, 9.17) is 5.73 Å². The summed E-state index contributed by atoms with van der Waals surface area (Å²) in [7, 11) is 0. The Balaban J connectivity index is 1.98. The molecule has 0 radical (unpaired) electrons. The van der Waals surface area contributed by atoms with E-state index in [1.807, 2.05) is 0 Å². The van der Waals surface area contributed by atoms with Crippen molar-refractivity contribution in [2.24, 2.45) is 5.73 Å². The number of amides is 1. The van der Waals surface area contributed by atoms with E-state index in [1.165, 1.54) is 0 Å². The van der Waals surface area contributed by atoms with Crippen molar-refractivity contribution >= 4 is 5.91 Å². The SMILES string of the molecule is NC(=O)c1ccc2c(c1)CNC2[C@@H](CC(F)(F)F)c1ccccc1. The van der Waals surface area contributed by atoms with Crippen LogP contribution in [-0.4, -0.2) is 12.1 Å². The van der Waals surface area contributed by atoms with Crippen molar-refractivity contribution in [1.82, 2.24) is 5.32 Å². The van der Waals surface area contributed by atoms with Gasteiger partial charge in [0.1, 0.15) is 0 Å². The van der Waals surface area contributed by atoms with Crippen LogP contribution in [0.4, 0.5) is 13.2 Å². The van der Waals surface area contributed by atoms with Gasteiger partial charge in [-0.15, -0.1) is 0 Å². The lowest BCUT2D eigenvalue weighted by Crippen LogP contribution is -2.25. The summed E-state index contributed by atoms with van der Waals surface area (Å²) in [6, 6.07) is 13.2. The van der Waals surface area contributed by atoms with Crippen molar-refractivity contribution in [3.63, 3.8) is 0 Å². The standard InChI is InChI=1S/C18H17F3N2O/c19-18(20,21)9-15(11-4-2-1-3-5-11)16-14-7-6-12(17(22)24)8-13(14)10-23-16/h1-8,15-16,23H,9-10H2,(H2,22,24)/t15-,16?/m0/s1. The van der Waals surface area contributed by atoms with Crippen LogP contribution in [0.3, 0.4) is 0 Å². The number of nitrogens with one attached hydrogen (secondary N) is 1. The quantitative estimate of drug-likeness (QED) is 0.896. The van der Waals surface area contributed by atoms with E-state index in [1.54, 1.807) is 48.5 Å². The first-order chi connectivity index (χ1) is 11.3. The molecule has 2 aromatic carbocycles. The molecular weight excluding hydrogens is 317 g/mol. The second-order valence-electron chi connectivity index (χ2n) is 5.97. The summed E-state index contributed by atoms with van der Waals surface area (Å²) in [5.74, 6) is -1.27. The fourth-order valence-corrected chi connectivity index (χ4v) is 3.28. The molecule has 6 heteroatoms. The highest BCUT2D eigenvalue weighted by Gasteiger charge is 2.39. The molecule has 0 fully saturated rings. The van der Waals surface area contributed by atoms with Gasteiger partial charge in [0.15, 0.2) is 0 Å². The van der Waals surface area contributed by atoms with Crippen molar-refractivity contribution < 1.29 is 18.0 Å². The average Bonchev–Trinajstić information content (AvgIpc) is 2.95. The Morgan fingerprint density at radius 2 is 1.92 bits per heavy atom. The van der Waals surface area contributed by atoms with Gasteiger partial charge in [-0.3, -0.25) is 4.79 Å². The topological polar surface area (TPSA) is 55.1 Å². The Bertz CT molecular complexity index is 744. The number of fused-ring (bicyclic) bond motifs is 1. The first-order valence-electron chi connectivity index (χ1n) is 7.63. The van der Waals surface area contributed by atoms with Crippen molar-refractivity contribution in [2.45, 2.75) is 31.1 Å². The van der Waals surface area contributed by atoms with Crippen molar-refractivity contribution in [3.05, 3.63) is 70.8 Å². The third-order valence-corrected chi connectivity index (χ3v) is 4.36. The number of nitrogens with two attached hydrogens (primary N) is 1. The van der Waals surface area contributed by atoms with Crippen LogP contribution < -0.4 is 11.1 Å². The molecule has 2 aromatic rings. The van der Waals surface area contributed by atoms with Crippen molar-refractivity contribution in [2.75, 3.05) is 0 Å². The third-order valence-electron chi connectivity index (χ3n) is 4.36. The number of carbonyl (C=O) groups is 1. The maximum absolute atomic E-state index is 13.1. The van der Waals surface area contributed by atoms with E-state index < -0.39 is 30.5 Å². The summed E-state index contributed by atoms with van der Waals surface area (Å²) >= 11 is 0. The average molecular weight is 334 g/mol. The van der Waals surface area contributed by atoms with E-state index >= 15 is 0 Å². The van der Waals surface area contributed by atoms with Gasteiger partial charge < -0.3 is 11.1 Å². The predicted molar refractivity (Wildman–Crippen MR) is 84.4 cm³/mol. The molecule has 3 N–H and O–H groups in total. The molecule has 24 heavy (non-hydrogen) atoms. The number of hydrogen-bond acceptors (Lipinski definition) is 2. The molecule has 2 atom stereocenters. The van der Waals surface area contributed by atoms with Gasteiger partial charge in [-0.25, -0.2) is 0 Å². The molecule has 1 amide bonds. The number of alkyl halides is 3. The number of benzene rings is 2. The second-order valence-corrected chi connectivity index (χ2v) is 5.97. The monoisotopic (exact) mass is 334 g/mol. The van der Waals surface area contributed by atoms with Crippen molar-refractivity contribution in [1.29, 1.82) is 0 Å². The van der Waals surface area contributed by atoms with E-state index in [9.17, 15) is 18.0 Å². The van der Waals surface area contributed by atoms with Crippen LogP contribution in [0.15, 0.2) is 48.5 Å². The Morgan fingerprint density at radius 3 is 2.54 bits per heavy atom. The Morgan fingerprint density at radius 1 is 1.21 bits per heavy atom. The van der Waals surface area contributed by atoms with Gasteiger partial charge in [0.05, 0.1) is 6.42 Å². The van der Waals surface area contributed by atoms with Gasteiger partial charge in [0, 0.05) is 24.1 Å². The summed E-state index contributed by atoms with van der Waals surface area (Å²) in [6.45, 7) is 0.419. The predicted octanol–water partition coefficient (Wildman–Crippen LogP) is 3.67. The minimum absolute atomic E-state index is 0.364. The molecule has 0 aliphatic carbocycles. The van der Waals surface area contributed by atoms with E-state index in [0.717, 1.165) is 11.1 Å². The maximum Gasteiger partial charge on any atom is 0.389 e. The molecule has 1 unspecified atom stereocenters. The number of carbonyl (C=O) groups excluding carboxylic acids is 1. The summed E-state index contributed by atoms with van der Waals surface area (Å²) < 4.78 is 39.3. The van der Waals surface area contributed by atoms with E-state index in [-0.39, 0.29) is 0 Å². The number of halogens is 3. The molecule has 0 saturated carbocycles. The Kier molecular flexibility index (Phi) is 4.32. The molecule has 0 spiro atoms. The highest BCUT2D eigenvalue weighted by Crippen LogP contribution is 2.43. The van der Waals surface area contributed by atoms with Crippen LogP contribution in [0, 0.1) is 0 Å². The van der Waals surface area contributed by atoms with Gasteiger partial charge >= 0.3 is 6.18 Å². The van der Waals surface area contributed by atoms with Crippen LogP contribution in [0.1, 0.15) is 45.4 Å². The smallest absolute Gasteiger partial charge is 0.366 e. The lowest BCUT2D eigenvalue weighted by molar-refractivity contribution is -0.140. The number of primary amides is 1. The Labute approximate surface area is 137 Å². The van der Waals surface area contributed by atoms with Crippen LogP contribution in [0.2, 0.25) is 0 Å². The zero-order valence-electron chi connectivity index (χ0n) is 12.8. The minimum atomic E-state index is -4.27. The largest absolute Gasteiger partial charge is 0.389 e. The van der Waals surface area contributed by atoms with Gasteiger partial charge in [-0.1, -0.05) is 36.4 Å². The second kappa shape index (κ2) is 6.28. The van der Waals surface area contributed by atoms with Crippen LogP contribution in [0.25, 0.3) is 0 Å². The van der Waals surface area contributed by atoms with Crippen molar-refractivity contribution in [3.8, 4) is 0 Å². The first-order valence-corrected chi connectivity index (χ1v) is 7.63. The molecule has 1 aliphatic rings. The molecule has 0 saturated heterocycles. The fourth-order valence-electron chi connectivity index (χ4n) is 3.28. The van der Waals surface area contributed by atoms with Crippen LogP contribution in [0.5, 0.6) is 0 Å². The third kappa shape index (κ3) is 3.43. The minimum Gasteiger partial charge on any atom is -0.366 e. The summed E-state index contributed by atoms with van der Waals surface area (Å²) in [4.78, 5) is 11.3. The molecule has 126 valence electrons. The van der Waals surface area contributed by atoms with E-state index in [0.29, 0.717) is 17.7 Å². The van der Waals surface area contributed by atoms with Crippen LogP contribution >= 0.6 is 0 Å². The zero-order valence-corrected chi connectivity index (χ0v) is 12.8. The molecule has 0 bridgehead atoms. The molecule has 1 heterocycles. The van der Waals surface area contributed by atoms with Gasteiger partial charge in [-0.2, -0.15) is 13.2 Å². The maximum atomic E-state index is 13.1. The summed E-state index contributed by atoms with van der Waals surface area (Å²) in [5.41, 5.74) is 7.88. The first kappa shape index (κ1) is 16.5. The molecular formula is C18H17F3N2O. The number of rotatable bonds is 4. The fraction of sp³-hybridized carbons (Fsp3) is 0.278. The summed E-state index contributed by atoms with van der Waals surface area (Å²) in [5, 5.41) is 3.16. The normalized spacial score (nSPS) is 18.2. The zero-order chi connectivity index (χ0) is 17.3. The lowest BCUT2D eigenvalue weighted by atomic mass is 9.84. The lowest BCUT2D eigenvalue weighted by Gasteiger charge is -2.26. The van der Waals surface area contributed by atoms with E-state index in [2.05, 4.69) is 5.32 Å². The molecule has 0 aromatic heterocycles. The highest BCUT2D eigenvalue weighted by molar-refractivity contribution is 5.93. The molecule has 3 rings (SSSR count). The highest BCUT2D eigenvalue weighted by atomic mass is 19.4. The Hall–Kier alpha value is -2.34. The van der Waals surface area contributed by atoms with Gasteiger partial charge in [0.2, 0.25) is 5.91 Å². The van der Waals surface area contributed by atoms with Gasteiger partial charge in [-0.05, 0) is 28.8 Å². The number of hydrogen-bond donors (Lipinski definition) is 2.